The third kappa shape index (κ3) is 4.16. The Morgan fingerprint density at radius 3 is 1.28 bits per heavy atom. The summed E-state index contributed by atoms with van der Waals surface area (Å²) in [5.74, 6) is 0. The minimum Gasteiger partial charge on any atom is -0.282 e. The van der Waals surface area contributed by atoms with Crippen molar-refractivity contribution < 1.29 is 13.0 Å². The van der Waals surface area contributed by atoms with Gasteiger partial charge in [-0.25, -0.2) is 0 Å². The summed E-state index contributed by atoms with van der Waals surface area (Å²) in [6.07, 6.45) is 0. The van der Waals surface area contributed by atoms with E-state index >= 15 is 0 Å². The van der Waals surface area contributed by atoms with Gasteiger partial charge in [-0.3, -0.25) is 4.55 Å². The molecule has 0 saturated carbocycles. The Morgan fingerprint density at radius 2 is 0.960 bits per heavy atom. The molecule has 3 aromatic carbocycles. The first-order valence-electron chi connectivity index (χ1n) is 7.85. The largest absolute Gasteiger partial charge is 0.294 e. The van der Waals surface area contributed by atoms with Crippen molar-refractivity contribution in [3.05, 3.63) is 83.9 Å². The van der Waals surface area contributed by atoms with E-state index < -0.39 is 18.0 Å². The van der Waals surface area contributed by atoms with Crippen LogP contribution in [0.4, 0.5) is 0 Å². The molecule has 0 amide bonds. The molecule has 0 aliphatic carbocycles. The van der Waals surface area contributed by atoms with Crippen LogP contribution < -0.4 is 15.9 Å². The monoisotopic (exact) mass is 370 g/mol. The van der Waals surface area contributed by atoms with E-state index in [1.165, 1.54) is 33.9 Å². The predicted molar refractivity (Wildman–Crippen MR) is 104 cm³/mol. The molecule has 128 valence electrons. The number of rotatable bonds is 4. The van der Waals surface area contributed by atoms with Crippen molar-refractivity contribution in [3.8, 4) is 0 Å². The minimum absolute atomic E-state index is 0.0842. The van der Waals surface area contributed by atoms with Gasteiger partial charge >= 0.3 is 0 Å². The Hall–Kier alpha value is -2.00. The highest BCUT2D eigenvalue weighted by atomic mass is 32.2. The van der Waals surface area contributed by atoms with Crippen LogP contribution in [0.2, 0.25) is 0 Å². The molecule has 0 aliphatic rings. The molecule has 0 heterocycles. The molecular weight excluding hydrogens is 351 g/mol. The normalized spacial score (nSPS) is 11.7. The molecule has 0 aliphatic heterocycles. The summed E-state index contributed by atoms with van der Waals surface area (Å²) in [7, 11) is -4.97. The van der Waals surface area contributed by atoms with Crippen LogP contribution in [-0.2, 0) is 10.1 Å². The van der Waals surface area contributed by atoms with E-state index in [9.17, 15) is 13.0 Å². The molecule has 3 rings (SSSR count). The van der Waals surface area contributed by atoms with Crippen molar-refractivity contribution in [2.24, 2.45) is 0 Å². The van der Waals surface area contributed by atoms with Crippen LogP contribution in [0.15, 0.2) is 77.7 Å². The van der Waals surface area contributed by atoms with E-state index in [0.717, 1.165) is 5.30 Å². The fourth-order valence-corrected chi connectivity index (χ4v) is 5.32. The number of aryl methyl sites for hydroxylation is 2. The van der Waals surface area contributed by atoms with Gasteiger partial charge in [0.05, 0.1) is 4.90 Å². The van der Waals surface area contributed by atoms with Crippen LogP contribution in [0.3, 0.4) is 0 Å². The van der Waals surface area contributed by atoms with E-state index in [1.807, 2.05) is 0 Å². The zero-order valence-electron chi connectivity index (χ0n) is 14.0. The van der Waals surface area contributed by atoms with Crippen LogP contribution in [0.5, 0.6) is 0 Å². The molecule has 0 bridgehead atoms. The number of hydrogen-bond acceptors (Lipinski definition) is 2. The van der Waals surface area contributed by atoms with Crippen molar-refractivity contribution in [1.82, 2.24) is 0 Å². The van der Waals surface area contributed by atoms with Crippen molar-refractivity contribution in [3.63, 3.8) is 0 Å². The first-order chi connectivity index (χ1) is 11.8. The summed E-state index contributed by atoms with van der Waals surface area (Å²) in [4.78, 5) is -0.0842. The highest BCUT2D eigenvalue weighted by molar-refractivity contribution is 7.85. The summed E-state index contributed by atoms with van der Waals surface area (Å²) >= 11 is 0. The zero-order chi connectivity index (χ0) is 18.0. The van der Waals surface area contributed by atoms with Crippen molar-refractivity contribution in [2.45, 2.75) is 18.7 Å². The molecule has 0 radical (unpaired) electrons. The van der Waals surface area contributed by atoms with E-state index in [4.69, 9.17) is 0 Å². The maximum absolute atomic E-state index is 11.3. The minimum atomic E-state index is -4.18. The molecule has 0 fully saturated rings. The Kier molecular flexibility index (Phi) is 5.05. The molecule has 25 heavy (non-hydrogen) atoms. The quantitative estimate of drug-likeness (QED) is 0.566. The number of benzene rings is 3. The smallest absolute Gasteiger partial charge is 0.282 e. The van der Waals surface area contributed by atoms with Gasteiger partial charge in [-0.2, -0.15) is 8.42 Å². The lowest BCUT2D eigenvalue weighted by molar-refractivity contribution is 0.483. The molecule has 0 saturated heterocycles. The van der Waals surface area contributed by atoms with Crippen LogP contribution in [0.25, 0.3) is 0 Å². The Balaban J connectivity index is 2.10. The molecule has 0 aromatic heterocycles. The van der Waals surface area contributed by atoms with Crippen LogP contribution in [0, 0.1) is 13.8 Å². The molecule has 3 nitrogen and oxygen atoms in total. The molecule has 0 atom stereocenters. The van der Waals surface area contributed by atoms with Gasteiger partial charge in [0.25, 0.3) is 10.1 Å². The summed E-state index contributed by atoms with van der Waals surface area (Å²) in [5.41, 5.74) is 2.40. The summed E-state index contributed by atoms with van der Waals surface area (Å²) in [5, 5.41) is 3.43. The first-order valence-corrected chi connectivity index (χ1v) is 10.6. The highest BCUT2D eigenvalue weighted by Gasteiger charge is 2.18. The molecule has 0 unspecified atom stereocenters. The Bertz CT molecular complexity index is 915. The predicted octanol–water partition coefficient (Wildman–Crippen LogP) is 3.31. The second-order valence-corrected chi connectivity index (χ2v) is 9.62. The third-order valence-electron chi connectivity index (χ3n) is 3.98. The molecule has 3 aromatic rings. The SMILES string of the molecule is Cc1ccc(P(c2ccc(C)cc2)c2ccc(S(=O)(=O)O)cc2)cc1. The van der Waals surface area contributed by atoms with Crippen LogP contribution >= 0.6 is 7.92 Å². The maximum Gasteiger partial charge on any atom is 0.294 e. The highest BCUT2D eigenvalue weighted by Crippen LogP contribution is 2.33. The van der Waals surface area contributed by atoms with Crippen LogP contribution in [-0.4, -0.2) is 13.0 Å². The lowest BCUT2D eigenvalue weighted by atomic mass is 10.2. The maximum atomic E-state index is 11.3. The van der Waals surface area contributed by atoms with E-state index in [0.29, 0.717) is 0 Å². The second kappa shape index (κ2) is 7.09. The third-order valence-corrected chi connectivity index (χ3v) is 7.29. The fraction of sp³-hybridized carbons (Fsp3) is 0.100. The molecule has 0 spiro atoms. The zero-order valence-corrected chi connectivity index (χ0v) is 15.8. The van der Waals surface area contributed by atoms with Gasteiger partial charge in [0, 0.05) is 0 Å². The van der Waals surface area contributed by atoms with Gasteiger partial charge in [-0.1, -0.05) is 71.8 Å². The second-order valence-electron chi connectivity index (χ2n) is 5.98. The van der Waals surface area contributed by atoms with Crippen molar-refractivity contribution >= 4 is 34.0 Å². The van der Waals surface area contributed by atoms with E-state index in [2.05, 4.69) is 62.4 Å². The Morgan fingerprint density at radius 1 is 0.640 bits per heavy atom. The summed E-state index contributed by atoms with van der Waals surface area (Å²) < 4.78 is 31.8. The van der Waals surface area contributed by atoms with Gasteiger partial charge in [0.2, 0.25) is 0 Å². The topological polar surface area (TPSA) is 54.4 Å². The van der Waals surface area contributed by atoms with Crippen molar-refractivity contribution in [1.29, 1.82) is 0 Å². The van der Waals surface area contributed by atoms with Gasteiger partial charge < -0.3 is 0 Å². The van der Waals surface area contributed by atoms with Gasteiger partial charge in [0.1, 0.15) is 0 Å². The van der Waals surface area contributed by atoms with Gasteiger partial charge in [0.15, 0.2) is 0 Å². The number of hydrogen-bond donors (Lipinski definition) is 1. The average Bonchev–Trinajstić information content (AvgIpc) is 2.58. The van der Waals surface area contributed by atoms with Gasteiger partial charge in [-0.15, -0.1) is 0 Å². The summed E-state index contributed by atoms with van der Waals surface area (Å²) in [6, 6.07) is 23.3. The standard InChI is InChI=1S/C20H19O3PS/c1-15-3-7-17(8-4-15)24(18-9-5-16(2)6-10-18)19-11-13-20(14-12-19)25(21,22)23/h3-14H,1-2H3,(H,21,22,23). The Labute approximate surface area is 149 Å². The lowest BCUT2D eigenvalue weighted by Gasteiger charge is -2.20. The first kappa shape index (κ1) is 17.8. The summed E-state index contributed by atoms with van der Waals surface area (Å²) in [6.45, 7) is 4.11. The van der Waals surface area contributed by atoms with Crippen LogP contribution in [0.1, 0.15) is 11.1 Å². The molecular formula is C20H19O3PS. The molecule has 5 heteroatoms. The average molecular weight is 370 g/mol. The fourth-order valence-electron chi connectivity index (χ4n) is 2.60. The van der Waals surface area contributed by atoms with Gasteiger partial charge in [-0.05, 0) is 49.8 Å². The van der Waals surface area contributed by atoms with E-state index in [-0.39, 0.29) is 4.90 Å². The van der Waals surface area contributed by atoms with Crippen molar-refractivity contribution in [2.75, 3.05) is 0 Å². The van der Waals surface area contributed by atoms with E-state index in [1.54, 1.807) is 12.1 Å². The lowest BCUT2D eigenvalue weighted by Crippen LogP contribution is -2.21. The molecule has 1 N–H and O–H groups in total.